The summed E-state index contributed by atoms with van der Waals surface area (Å²) >= 11 is 0. The van der Waals surface area contributed by atoms with Crippen molar-refractivity contribution in [1.29, 1.82) is 0 Å². The molecule has 1 aliphatic heterocycles. The molecule has 3 fully saturated rings. The third-order valence-electron chi connectivity index (χ3n) is 8.38. The Hall–Kier alpha value is -4.20. The molecule has 44 heavy (non-hydrogen) atoms. The number of aromatic nitrogens is 1. The quantitative estimate of drug-likeness (QED) is 0.292. The van der Waals surface area contributed by atoms with E-state index in [9.17, 15) is 27.6 Å². The average molecular weight is 628 g/mol. The minimum absolute atomic E-state index is 0.0115. The Balaban J connectivity index is 1.38. The maximum absolute atomic E-state index is 13.8. The first kappa shape index (κ1) is 31.2. The summed E-state index contributed by atoms with van der Waals surface area (Å²) in [4.78, 5) is 58.4. The zero-order chi connectivity index (χ0) is 31.8. The van der Waals surface area contributed by atoms with Crippen LogP contribution in [0.2, 0.25) is 0 Å². The lowest BCUT2D eigenvalue weighted by molar-refractivity contribution is -0.142. The zero-order valence-electron chi connectivity index (χ0n) is 24.9. The molecule has 0 spiro atoms. The van der Waals surface area contributed by atoms with E-state index < -0.39 is 62.6 Å². The third kappa shape index (κ3) is 6.21. The zero-order valence-corrected chi connectivity index (χ0v) is 25.7. The molecule has 13 nitrogen and oxygen atoms in total. The molecule has 1 unspecified atom stereocenters. The molecular formula is C30H37N5O8S. The second kappa shape index (κ2) is 12.1. The number of methoxy groups -OCH3 is 1. The molecule has 5 rings (SSSR count). The lowest BCUT2D eigenvalue weighted by atomic mass is 10.1. The number of fused-ring (bicyclic) bond motifs is 1. The molecule has 14 heteroatoms. The summed E-state index contributed by atoms with van der Waals surface area (Å²) in [5.41, 5.74) is -1.51. The third-order valence-corrected chi connectivity index (χ3v) is 10.2. The van der Waals surface area contributed by atoms with Crippen molar-refractivity contribution in [3.63, 3.8) is 0 Å². The van der Waals surface area contributed by atoms with Crippen molar-refractivity contribution >= 4 is 44.4 Å². The smallest absolute Gasteiger partial charge is 0.259 e. The van der Waals surface area contributed by atoms with E-state index in [0.717, 1.165) is 5.39 Å². The molecular weight excluding hydrogens is 590 g/mol. The van der Waals surface area contributed by atoms with Gasteiger partial charge in [0, 0.05) is 30.3 Å². The van der Waals surface area contributed by atoms with E-state index in [-0.39, 0.29) is 31.7 Å². The van der Waals surface area contributed by atoms with Gasteiger partial charge in [-0.1, -0.05) is 13.0 Å². The fourth-order valence-corrected chi connectivity index (χ4v) is 6.92. The minimum Gasteiger partial charge on any atom is -0.497 e. The van der Waals surface area contributed by atoms with Gasteiger partial charge in [-0.3, -0.25) is 23.9 Å². The minimum atomic E-state index is -3.86. The first-order chi connectivity index (χ1) is 20.9. The Bertz CT molecular complexity index is 1610. The van der Waals surface area contributed by atoms with Gasteiger partial charge >= 0.3 is 0 Å². The molecule has 3 N–H and O–H groups in total. The molecule has 3 aliphatic rings. The number of ether oxygens (including phenoxy) is 2. The highest BCUT2D eigenvalue weighted by Gasteiger charge is 2.62. The molecule has 4 amide bonds. The first-order valence-electron chi connectivity index (χ1n) is 14.6. The van der Waals surface area contributed by atoms with Gasteiger partial charge in [0.05, 0.1) is 18.9 Å². The highest BCUT2D eigenvalue weighted by Crippen LogP contribution is 2.45. The molecule has 236 valence electrons. The van der Waals surface area contributed by atoms with Crippen LogP contribution in [0.15, 0.2) is 43.1 Å². The van der Waals surface area contributed by atoms with Gasteiger partial charge in [0.1, 0.15) is 29.5 Å². The van der Waals surface area contributed by atoms with Gasteiger partial charge in [-0.05, 0) is 55.8 Å². The van der Waals surface area contributed by atoms with E-state index in [4.69, 9.17) is 9.47 Å². The number of pyridine rings is 1. The molecule has 0 radical (unpaired) electrons. The molecule has 1 aromatic carbocycles. The van der Waals surface area contributed by atoms with E-state index in [2.05, 4.69) is 26.9 Å². The number of sulfonamides is 1. The van der Waals surface area contributed by atoms with Crippen LogP contribution in [-0.2, 0) is 29.2 Å². The number of nitrogens with zero attached hydrogens (tertiary/aromatic N) is 2. The number of rotatable bonds is 12. The van der Waals surface area contributed by atoms with Gasteiger partial charge in [0.25, 0.3) is 5.91 Å². The molecule has 2 aliphatic carbocycles. The number of amides is 4. The number of nitrogens with one attached hydrogen (secondary N) is 3. The number of hydrogen-bond donors (Lipinski definition) is 3. The summed E-state index contributed by atoms with van der Waals surface area (Å²) in [6.45, 7) is 6.93. The largest absolute Gasteiger partial charge is 0.497 e. The second-order valence-electron chi connectivity index (χ2n) is 11.5. The van der Waals surface area contributed by atoms with Crippen LogP contribution in [0, 0.1) is 5.92 Å². The normalized spacial score (nSPS) is 25.1. The Morgan fingerprint density at radius 3 is 2.61 bits per heavy atom. The average Bonchev–Trinajstić information content (AvgIpc) is 3.93. The lowest BCUT2D eigenvalue weighted by Crippen LogP contribution is -2.58. The van der Waals surface area contributed by atoms with Crippen molar-refractivity contribution in [3.8, 4) is 11.6 Å². The van der Waals surface area contributed by atoms with Crippen molar-refractivity contribution in [1.82, 2.24) is 25.2 Å². The Morgan fingerprint density at radius 1 is 1.23 bits per heavy atom. The summed E-state index contributed by atoms with van der Waals surface area (Å²) in [5.74, 6) is -1.81. The van der Waals surface area contributed by atoms with Crippen LogP contribution in [-0.4, -0.2) is 84.6 Å². The van der Waals surface area contributed by atoms with Gasteiger partial charge in [0.15, 0.2) is 0 Å². The molecule has 2 aromatic rings. The van der Waals surface area contributed by atoms with E-state index in [1.807, 2.05) is 18.2 Å². The van der Waals surface area contributed by atoms with Crippen molar-refractivity contribution < 1.29 is 37.1 Å². The summed E-state index contributed by atoms with van der Waals surface area (Å²) in [7, 11) is -2.29. The van der Waals surface area contributed by atoms with Crippen LogP contribution in [0.25, 0.3) is 10.8 Å². The van der Waals surface area contributed by atoms with Crippen LogP contribution >= 0.6 is 0 Å². The second-order valence-corrected chi connectivity index (χ2v) is 13.5. The van der Waals surface area contributed by atoms with Gasteiger partial charge in [-0.2, -0.15) is 0 Å². The summed E-state index contributed by atoms with van der Waals surface area (Å²) in [6.07, 6.45) is 3.78. The Kier molecular flexibility index (Phi) is 8.56. The van der Waals surface area contributed by atoms with Crippen LogP contribution in [0.3, 0.4) is 0 Å². The predicted octanol–water partition coefficient (Wildman–Crippen LogP) is 1.18. The highest BCUT2D eigenvalue weighted by molar-refractivity contribution is 7.91. The van der Waals surface area contributed by atoms with Crippen molar-refractivity contribution in [2.75, 3.05) is 13.7 Å². The van der Waals surface area contributed by atoms with Gasteiger partial charge in [-0.25, -0.2) is 13.4 Å². The summed E-state index contributed by atoms with van der Waals surface area (Å²) in [6, 6.07) is 5.23. The highest BCUT2D eigenvalue weighted by atomic mass is 32.2. The number of carbonyl (C=O) groups is 4. The molecule has 1 aromatic heterocycles. The molecule has 1 saturated heterocycles. The standard InChI is InChI=1S/C30H37N5O8S/c1-5-19-15-30(19,29(39)34-44(40,41)22-8-9-22)33-26(37)24-14-21(16-35(24)28(38)17(3)32-25(36)6-2)43-27-23-10-7-20(42-4)13-18(23)11-12-31-27/h5,7,10-13,17,19,21-22,24H,1,6,8-9,14-16H2,2-4H3,(H,32,36)(H,33,37)(H,34,39)/t17-,19?,21-,24+,30-/m1/s1. The number of carbonyl (C=O) groups excluding carboxylic acids is 4. The summed E-state index contributed by atoms with van der Waals surface area (Å²) < 4.78 is 38.7. The summed E-state index contributed by atoms with van der Waals surface area (Å²) in [5, 5.41) is 6.29. The topological polar surface area (TPSA) is 173 Å². The van der Waals surface area contributed by atoms with Crippen LogP contribution in [0.4, 0.5) is 0 Å². The van der Waals surface area contributed by atoms with Crippen molar-refractivity contribution in [3.05, 3.63) is 43.1 Å². The first-order valence-corrected chi connectivity index (χ1v) is 16.2. The lowest BCUT2D eigenvalue weighted by Gasteiger charge is -2.28. The maximum Gasteiger partial charge on any atom is 0.259 e. The monoisotopic (exact) mass is 627 g/mol. The van der Waals surface area contributed by atoms with Crippen molar-refractivity contribution in [2.24, 2.45) is 5.92 Å². The Morgan fingerprint density at radius 2 is 1.98 bits per heavy atom. The van der Waals surface area contributed by atoms with Crippen LogP contribution in [0.1, 0.15) is 46.0 Å². The molecule has 0 bridgehead atoms. The van der Waals surface area contributed by atoms with Crippen LogP contribution < -0.4 is 24.8 Å². The SMILES string of the molecule is C=CC1C[C@]1(NC(=O)[C@@H]1C[C@@H](Oc2nccc3cc(OC)ccc23)CN1C(=O)[C@@H](C)NC(=O)CC)C(=O)NS(=O)(=O)C1CC1. The molecule has 2 heterocycles. The Labute approximate surface area is 255 Å². The number of likely N-dealkylation sites (tertiary alicyclic amines) is 1. The number of benzene rings is 1. The van der Waals surface area contributed by atoms with E-state index in [0.29, 0.717) is 29.9 Å². The van der Waals surface area contributed by atoms with Crippen molar-refractivity contribution in [2.45, 2.75) is 74.9 Å². The molecule has 2 saturated carbocycles. The fraction of sp³-hybridized carbons (Fsp3) is 0.500. The van der Waals surface area contributed by atoms with Gasteiger partial charge in [0.2, 0.25) is 33.6 Å². The van der Waals surface area contributed by atoms with Gasteiger partial charge in [-0.15, -0.1) is 6.58 Å². The van der Waals surface area contributed by atoms with E-state index in [1.54, 1.807) is 26.3 Å². The van der Waals surface area contributed by atoms with Crippen LogP contribution in [0.5, 0.6) is 11.6 Å². The molecule has 5 atom stereocenters. The van der Waals surface area contributed by atoms with E-state index in [1.165, 1.54) is 17.9 Å². The van der Waals surface area contributed by atoms with Gasteiger partial charge < -0.3 is 25.0 Å². The van der Waals surface area contributed by atoms with E-state index >= 15 is 0 Å². The maximum atomic E-state index is 13.8. The number of hydrogen-bond acceptors (Lipinski definition) is 9. The predicted molar refractivity (Wildman–Crippen MR) is 160 cm³/mol. The fourth-order valence-electron chi connectivity index (χ4n) is 5.56.